The van der Waals surface area contributed by atoms with Crippen LogP contribution in [0.3, 0.4) is 0 Å². The molecule has 1 saturated carbocycles. The Morgan fingerprint density at radius 1 is 0.921 bits per heavy atom. The topological polar surface area (TPSA) is 49.4 Å². The zero-order valence-corrected chi connectivity index (χ0v) is 25.2. The third kappa shape index (κ3) is 7.95. The lowest BCUT2D eigenvalue weighted by Crippen LogP contribution is -2.53. The maximum atomic E-state index is 6.26. The number of rotatable bonds is 11. The Kier molecular flexibility index (Phi) is 8.78. The van der Waals surface area contributed by atoms with Crippen molar-refractivity contribution in [2.24, 2.45) is 0 Å². The molecule has 1 atom stereocenters. The molecule has 5 nitrogen and oxygen atoms in total. The number of benzene rings is 1. The average Bonchev–Trinajstić information content (AvgIpc) is 3.29. The molecule has 0 unspecified atom stereocenters. The van der Waals surface area contributed by atoms with E-state index in [1.165, 1.54) is 23.2 Å². The summed E-state index contributed by atoms with van der Waals surface area (Å²) >= 11 is 0. The van der Waals surface area contributed by atoms with Gasteiger partial charge in [0.15, 0.2) is 0 Å². The van der Waals surface area contributed by atoms with Crippen LogP contribution in [-0.2, 0) is 11.8 Å². The zero-order valence-electron chi connectivity index (χ0n) is 25.2. The fourth-order valence-corrected chi connectivity index (χ4v) is 5.91. The van der Waals surface area contributed by atoms with Crippen molar-refractivity contribution < 1.29 is 4.74 Å². The molecule has 2 heterocycles. The van der Waals surface area contributed by atoms with E-state index in [0.29, 0.717) is 12.1 Å². The van der Waals surface area contributed by atoms with E-state index < -0.39 is 0 Å². The third-order valence-corrected chi connectivity index (χ3v) is 8.40. The molecular formula is C33H52N4O. The second-order valence-corrected chi connectivity index (χ2v) is 14.0. The Morgan fingerprint density at radius 3 is 2.29 bits per heavy atom. The molecule has 2 fully saturated rings. The molecule has 210 valence electrons. The van der Waals surface area contributed by atoms with Gasteiger partial charge in [-0.25, -0.2) is 4.98 Å². The van der Waals surface area contributed by atoms with E-state index in [0.717, 1.165) is 51.1 Å². The highest BCUT2D eigenvalue weighted by atomic mass is 16.5. The summed E-state index contributed by atoms with van der Waals surface area (Å²) in [4.78, 5) is 7.06. The first-order valence-corrected chi connectivity index (χ1v) is 14.8. The van der Waals surface area contributed by atoms with Crippen molar-refractivity contribution in [3.8, 4) is 5.88 Å². The van der Waals surface area contributed by atoms with Gasteiger partial charge in [0.05, 0.1) is 0 Å². The molecule has 0 radical (unpaired) electrons. The minimum absolute atomic E-state index is 0.0542. The Balaban J connectivity index is 1.26. The molecule has 4 rings (SSSR count). The molecule has 0 bridgehead atoms. The summed E-state index contributed by atoms with van der Waals surface area (Å²) in [6.45, 7) is 20.5. The summed E-state index contributed by atoms with van der Waals surface area (Å²) in [5.74, 6) is 0.769. The van der Waals surface area contributed by atoms with Crippen LogP contribution in [0.25, 0.3) is 0 Å². The van der Waals surface area contributed by atoms with Gasteiger partial charge in [-0.1, -0.05) is 32.9 Å². The number of hydrogen-bond donors (Lipinski definition) is 2. The van der Waals surface area contributed by atoms with Crippen molar-refractivity contribution in [2.75, 3.05) is 18.0 Å². The lowest BCUT2D eigenvalue weighted by Gasteiger charge is -2.40. The summed E-state index contributed by atoms with van der Waals surface area (Å²) in [5, 5.41) is 7.66. The number of nitrogens with zero attached hydrogens (tertiary/aromatic N) is 2. The fraction of sp³-hybridized carbons (Fsp3) is 0.667. The van der Waals surface area contributed by atoms with Gasteiger partial charge in [0, 0.05) is 54.2 Å². The average molecular weight is 521 g/mol. The predicted molar refractivity (Wildman–Crippen MR) is 160 cm³/mol. The van der Waals surface area contributed by atoms with Gasteiger partial charge < -0.3 is 20.3 Å². The number of hydrogen-bond acceptors (Lipinski definition) is 5. The lowest BCUT2D eigenvalue weighted by atomic mass is 9.78. The monoisotopic (exact) mass is 520 g/mol. The van der Waals surface area contributed by atoms with Gasteiger partial charge in [-0.05, 0) is 108 Å². The summed E-state index contributed by atoms with van der Waals surface area (Å²) < 4.78 is 6.26. The van der Waals surface area contributed by atoms with Crippen molar-refractivity contribution in [1.29, 1.82) is 0 Å². The van der Waals surface area contributed by atoms with Gasteiger partial charge in [-0.15, -0.1) is 0 Å². The van der Waals surface area contributed by atoms with Gasteiger partial charge in [0.1, 0.15) is 6.10 Å². The van der Waals surface area contributed by atoms with E-state index in [-0.39, 0.29) is 22.6 Å². The molecule has 2 N–H and O–H groups in total. The van der Waals surface area contributed by atoms with Gasteiger partial charge in [-0.3, -0.25) is 0 Å². The minimum Gasteiger partial charge on any atom is -0.474 e. The van der Waals surface area contributed by atoms with Crippen LogP contribution in [0.15, 0.2) is 42.6 Å². The fourth-order valence-electron chi connectivity index (χ4n) is 5.91. The van der Waals surface area contributed by atoms with Crippen molar-refractivity contribution in [2.45, 2.75) is 129 Å². The number of aromatic nitrogens is 1. The molecule has 0 amide bonds. The van der Waals surface area contributed by atoms with Crippen molar-refractivity contribution in [3.05, 3.63) is 53.7 Å². The highest BCUT2D eigenvalue weighted by Crippen LogP contribution is 2.34. The number of aryl methyl sites for hydroxylation is 1. The van der Waals surface area contributed by atoms with Crippen LogP contribution in [0, 0.1) is 0 Å². The number of ether oxygens (including phenoxy) is 1. The first kappa shape index (κ1) is 28.9. The minimum atomic E-state index is 0.0542. The summed E-state index contributed by atoms with van der Waals surface area (Å²) in [5.41, 5.74) is 4.35. The van der Waals surface area contributed by atoms with E-state index in [1.807, 2.05) is 6.20 Å². The highest BCUT2D eigenvalue weighted by Gasteiger charge is 2.34. The quantitative estimate of drug-likeness (QED) is 0.347. The van der Waals surface area contributed by atoms with Gasteiger partial charge in [0.2, 0.25) is 5.88 Å². The Bertz CT molecular complexity index is 1030. The van der Waals surface area contributed by atoms with Gasteiger partial charge in [0.25, 0.3) is 0 Å². The largest absolute Gasteiger partial charge is 0.474 e. The van der Waals surface area contributed by atoms with E-state index in [9.17, 15) is 0 Å². The van der Waals surface area contributed by atoms with E-state index in [4.69, 9.17) is 4.74 Å². The molecule has 1 aliphatic heterocycles. The lowest BCUT2D eigenvalue weighted by molar-refractivity contribution is 0.0692. The smallest absolute Gasteiger partial charge is 0.213 e. The second-order valence-electron chi connectivity index (χ2n) is 14.0. The number of nitrogens with one attached hydrogen (secondary N) is 2. The summed E-state index contributed by atoms with van der Waals surface area (Å²) in [6, 6.07) is 14.5. The normalized spacial score (nSPS) is 22.4. The molecule has 0 spiro atoms. The van der Waals surface area contributed by atoms with Crippen molar-refractivity contribution in [1.82, 2.24) is 15.6 Å². The van der Waals surface area contributed by atoms with Crippen LogP contribution in [0.1, 0.15) is 98.6 Å². The van der Waals surface area contributed by atoms with Crippen molar-refractivity contribution in [3.63, 3.8) is 0 Å². The molecule has 38 heavy (non-hydrogen) atoms. The molecular weight excluding hydrogens is 468 g/mol. The van der Waals surface area contributed by atoms with Gasteiger partial charge >= 0.3 is 0 Å². The first-order valence-electron chi connectivity index (χ1n) is 14.8. The summed E-state index contributed by atoms with van der Waals surface area (Å²) in [7, 11) is 0. The maximum absolute atomic E-state index is 6.26. The molecule has 5 heteroatoms. The highest BCUT2D eigenvalue weighted by molar-refractivity contribution is 5.48. The van der Waals surface area contributed by atoms with Crippen LogP contribution < -0.4 is 20.3 Å². The third-order valence-electron chi connectivity index (χ3n) is 8.40. The SMILES string of the molecule is CCc1ccc(N2CC[C@H](NC(C)(C)CCC(C)(C)c3ccnc(OC4CC(NC(C)(C)C)C4)c3)C2)cc1. The van der Waals surface area contributed by atoms with E-state index in [1.54, 1.807) is 0 Å². The van der Waals surface area contributed by atoms with E-state index in [2.05, 4.69) is 112 Å². The Labute approximate surface area is 232 Å². The Morgan fingerprint density at radius 2 is 1.63 bits per heavy atom. The zero-order chi connectivity index (χ0) is 27.6. The van der Waals surface area contributed by atoms with Crippen LogP contribution in [0.5, 0.6) is 5.88 Å². The number of pyridine rings is 1. The van der Waals surface area contributed by atoms with Crippen LogP contribution >= 0.6 is 0 Å². The van der Waals surface area contributed by atoms with Crippen LogP contribution in [-0.4, -0.2) is 47.3 Å². The molecule has 1 aromatic carbocycles. The maximum Gasteiger partial charge on any atom is 0.213 e. The summed E-state index contributed by atoms with van der Waals surface area (Å²) in [6.07, 6.45) is 8.79. The molecule has 1 aliphatic carbocycles. The van der Waals surface area contributed by atoms with Crippen LogP contribution in [0.4, 0.5) is 5.69 Å². The van der Waals surface area contributed by atoms with E-state index >= 15 is 0 Å². The first-order chi connectivity index (χ1) is 17.8. The number of anilines is 1. The Hall–Kier alpha value is -2.11. The molecule has 1 saturated heterocycles. The van der Waals surface area contributed by atoms with Crippen LogP contribution in [0.2, 0.25) is 0 Å². The molecule has 1 aromatic heterocycles. The molecule has 2 aromatic rings. The van der Waals surface area contributed by atoms with Crippen molar-refractivity contribution >= 4 is 5.69 Å². The second kappa shape index (κ2) is 11.6. The molecule has 2 aliphatic rings. The van der Waals surface area contributed by atoms with Gasteiger partial charge in [-0.2, -0.15) is 0 Å². The predicted octanol–water partition coefficient (Wildman–Crippen LogP) is 6.65. The standard InChI is InChI=1S/C33H52N4O/c1-9-24-10-12-28(13-11-24)37-19-15-26(23-37)36-33(7,8)17-16-32(5,6)25-14-18-34-30(20-25)38-29-21-27(22-29)35-31(2,3)4/h10-14,18,20,26-27,29,35-36H,9,15-17,19,21-23H2,1-8H3/t26-,27?,29?/m0/s1.